The van der Waals surface area contributed by atoms with Gasteiger partial charge in [0.05, 0.1) is 6.07 Å². The lowest BCUT2D eigenvalue weighted by molar-refractivity contribution is -0.120. The molecule has 0 saturated heterocycles. The molecule has 25 heavy (non-hydrogen) atoms. The van der Waals surface area contributed by atoms with Crippen LogP contribution in [0, 0.1) is 11.3 Å². The Morgan fingerprint density at radius 3 is 2.64 bits per heavy atom. The van der Waals surface area contributed by atoms with Crippen LogP contribution < -0.4 is 10.6 Å². The Labute approximate surface area is 150 Å². The summed E-state index contributed by atoms with van der Waals surface area (Å²) in [7, 11) is 0. The lowest BCUT2D eigenvalue weighted by atomic mass is 10.2. The average Bonchev–Trinajstić information content (AvgIpc) is 2.67. The lowest BCUT2D eigenvalue weighted by Crippen LogP contribution is -2.41. The highest BCUT2D eigenvalue weighted by atomic mass is 32.2. The van der Waals surface area contributed by atoms with E-state index in [4.69, 9.17) is 5.26 Å². The number of nitrogens with zero attached hydrogens (tertiary/aromatic N) is 2. The number of rotatable bonds is 8. The largest absolute Gasteiger partial charge is 0.350 e. The van der Waals surface area contributed by atoms with Gasteiger partial charge >= 0.3 is 0 Å². The standard InChI is InChI=1S/C18H18N4O2S/c19-8-10-21-18(24)16(25-13-14-5-4-9-20-11-14)12-22-17(23)15-6-2-1-3-7-15/h1-7,9,11,16H,10,12-13H2,(H,21,24)(H,22,23). The fourth-order valence-electron chi connectivity index (χ4n) is 2.03. The van der Waals surface area contributed by atoms with Gasteiger partial charge in [0.25, 0.3) is 5.91 Å². The van der Waals surface area contributed by atoms with Gasteiger partial charge in [-0.25, -0.2) is 0 Å². The van der Waals surface area contributed by atoms with Crippen LogP contribution in [0.4, 0.5) is 0 Å². The van der Waals surface area contributed by atoms with Crippen molar-refractivity contribution in [3.8, 4) is 6.07 Å². The average molecular weight is 354 g/mol. The van der Waals surface area contributed by atoms with E-state index in [2.05, 4.69) is 15.6 Å². The Kier molecular flexibility index (Phi) is 7.47. The van der Waals surface area contributed by atoms with Crippen molar-refractivity contribution < 1.29 is 9.59 Å². The predicted molar refractivity (Wildman–Crippen MR) is 96.7 cm³/mol. The Morgan fingerprint density at radius 1 is 1.16 bits per heavy atom. The molecular weight excluding hydrogens is 336 g/mol. The van der Waals surface area contributed by atoms with Crippen molar-refractivity contribution >= 4 is 23.6 Å². The van der Waals surface area contributed by atoms with E-state index < -0.39 is 5.25 Å². The van der Waals surface area contributed by atoms with Gasteiger partial charge in [-0.2, -0.15) is 5.26 Å². The fraction of sp³-hybridized carbons (Fsp3) is 0.222. The molecule has 128 valence electrons. The van der Waals surface area contributed by atoms with Crippen LogP contribution in [0.1, 0.15) is 15.9 Å². The SMILES string of the molecule is N#CCNC(=O)C(CNC(=O)c1ccccc1)SCc1cccnc1. The number of amides is 2. The van der Waals surface area contributed by atoms with Gasteiger partial charge in [-0.05, 0) is 23.8 Å². The Morgan fingerprint density at radius 2 is 1.96 bits per heavy atom. The Bertz CT molecular complexity index is 732. The van der Waals surface area contributed by atoms with Crippen molar-refractivity contribution in [1.82, 2.24) is 15.6 Å². The number of pyridine rings is 1. The van der Waals surface area contributed by atoms with E-state index in [1.165, 1.54) is 11.8 Å². The highest BCUT2D eigenvalue weighted by molar-refractivity contribution is 7.99. The van der Waals surface area contributed by atoms with E-state index in [-0.39, 0.29) is 24.9 Å². The number of hydrogen-bond donors (Lipinski definition) is 2. The van der Waals surface area contributed by atoms with Crippen LogP contribution in [0.5, 0.6) is 0 Å². The minimum Gasteiger partial charge on any atom is -0.350 e. The number of nitrogens with one attached hydrogen (secondary N) is 2. The van der Waals surface area contributed by atoms with Crippen molar-refractivity contribution in [1.29, 1.82) is 5.26 Å². The summed E-state index contributed by atoms with van der Waals surface area (Å²) in [6.45, 7) is 0.116. The zero-order valence-electron chi connectivity index (χ0n) is 13.5. The molecule has 6 nitrogen and oxygen atoms in total. The van der Waals surface area contributed by atoms with Crippen molar-refractivity contribution in [2.75, 3.05) is 13.1 Å². The molecule has 1 aromatic carbocycles. The van der Waals surface area contributed by atoms with Crippen LogP contribution in [0.2, 0.25) is 0 Å². The molecule has 1 aromatic heterocycles. The minimum absolute atomic E-state index is 0.0601. The monoisotopic (exact) mass is 354 g/mol. The molecule has 0 saturated carbocycles. The van der Waals surface area contributed by atoms with Crippen LogP contribution in [0.15, 0.2) is 54.9 Å². The second kappa shape index (κ2) is 10.1. The highest BCUT2D eigenvalue weighted by Crippen LogP contribution is 2.17. The summed E-state index contributed by atoms with van der Waals surface area (Å²) < 4.78 is 0. The summed E-state index contributed by atoms with van der Waals surface area (Å²) in [5, 5.41) is 13.4. The minimum atomic E-state index is -0.499. The Hall–Kier alpha value is -2.85. The van der Waals surface area contributed by atoms with Gasteiger partial charge in [0, 0.05) is 30.3 Å². The molecule has 0 aliphatic heterocycles. The molecule has 2 aromatic rings. The number of benzene rings is 1. The van der Waals surface area contributed by atoms with Crippen molar-refractivity contribution in [3.05, 3.63) is 66.0 Å². The van der Waals surface area contributed by atoms with E-state index in [1.54, 1.807) is 36.7 Å². The molecule has 2 rings (SSSR count). The molecule has 0 spiro atoms. The quantitative estimate of drug-likeness (QED) is 0.704. The molecule has 2 amide bonds. The van der Waals surface area contributed by atoms with E-state index in [1.807, 2.05) is 24.3 Å². The van der Waals surface area contributed by atoms with Crippen LogP contribution in [-0.2, 0) is 10.5 Å². The maximum absolute atomic E-state index is 12.2. The first-order valence-corrected chi connectivity index (χ1v) is 8.74. The van der Waals surface area contributed by atoms with E-state index in [0.29, 0.717) is 11.3 Å². The summed E-state index contributed by atoms with van der Waals surface area (Å²) in [4.78, 5) is 28.4. The number of carbonyl (C=O) groups is 2. The van der Waals surface area contributed by atoms with Crippen LogP contribution in [0.25, 0.3) is 0 Å². The van der Waals surface area contributed by atoms with Crippen LogP contribution in [0.3, 0.4) is 0 Å². The van der Waals surface area contributed by atoms with E-state index in [0.717, 1.165) is 5.56 Å². The molecule has 1 unspecified atom stereocenters. The normalized spacial score (nSPS) is 11.2. The van der Waals surface area contributed by atoms with E-state index in [9.17, 15) is 9.59 Å². The molecule has 0 bridgehead atoms. The molecule has 1 atom stereocenters. The molecule has 0 fully saturated rings. The van der Waals surface area contributed by atoms with Gasteiger partial charge in [0.15, 0.2) is 0 Å². The second-order valence-corrected chi connectivity index (χ2v) is 6.30. The van der Waals surface area contributed by atoms with Crippen molar-refractivity contribution in [3.63, 3.8) is 0 Å². The number of aromatic nitrogens is 1. The first-order chi connectivity index (χ1) is 12.2. The van der Waals surface area contributed by atoms with Crippen molar-refractivity contribution in [2.24, 2.45) is 0 Å². The third-order valence-electron chi connectivity index (χ3n) is 3.29. The number of nitriles is 1. The number of thioether (sulfide) groups is 1. The highest BCUT2D eigenvalue weighted by Gasteiger charge is 2.20. The summed E-state index contributed by atoms with van der Waals surface area (Å²) in [5.74, 6) is 0.0733. The summed E-state index contributed by atoms with van der Waals surface area (Å²) in [6.07, 6.45) is 3.42. The second-order valence-electron chi connectivity index (χ2n) is 5.11. The smallest absolute Gasteiger partial charge is 0.251 e. The first-order valence-electron chi connectivity index (χ1n) is 7.69. The number of hydrogen-bond acceptors (Lipinski definition) is 5. The van der Waals surface area contributed by atoms with Gasteiger partial charge in [-0.1, -0.05) is 24.3 Å². The molecule has 1 heterocycles. The third kappa shape index (κ3) is 6.28. The lowest BCUT2D eigenvalue weighted by Gasteiger charge is -2.16. The summed E-state index contributed by atoms with van der Waals surface area (Å²) >= 11 is 1.39. The molecule has 0 aliphatic rings. The summed E-state index contributed by atoms with van der Waals surface area (Å²) in [6, 6.07) is 14.5. The topological polar surface area (TPSA) is 94.9 Å². The van der Waals surface area contributed by atoms with Gasteiger partial charge in [0.1, 0.15) is 11.8 Å². The molecule has 0 aliphatic carbocycles. The number of carbonyl (C=O) groups excluding carboxylic acids is 2. The van der Waals surface area contributed by atoms with Crippen molar-refractivity contribution in [2.45, 2.75) is 11.0 Å². The first kappa shape index (κ1) is 18.5. The van der Waals surface area contributed by atoms with Crippen LogP contribution >= 0.6 is 11.8 Å². The molecule has 0 radical (unpaired) electrons. The fourth-order valence-corrected chi connectivity index (χ4v) is 3.03. The third-order valence-corrected chi connectivity index (χ3v) is 4.58. The Balaban J connectivity index is 1.95. The van der Waals surface area contributed by atoms with Gasteiger partial charge in [0.2, 0.25) is 5.91 Å². The molecule has 7 heteroatoms. The summed E-state index contributed by atoms with van der Waals surface area (Å²) in [5.41, 5.74) is 1.52. The zero-order chi connectivity index (χ0) is 17.9. The predicted octanol–water partition coefficient (Wildman–Crippen LogP) is 1.75. The van der Waals surface area contributed by atoms with Crippen LogP contribution in [-0.4, -0.2) is 35.1 Å². The molecule has 2 N–H and O–H groups in total. The maximum Gasteiger partial charge on any atom is 0.251 e. The van der Waals surface area contributed by atoms with Gasteiger partial charge < -0.3 is 10.6 Å². The van der Waals surface area contributed by atoms with Gasteiger partial charge in [-0.15, -0.1) is 11.8 Å². The van der Waals surface area contributed by atoms with Gasteiger partial charge in [-0.3, -0.25) is 14.6 Å². The van der Waals surface area contributed by atoms with E-state index >= 15 is 0 Å². The molecular formula is C18H18N4O2S. The zero-order valence-corrected chi connectivity index (χ0v) is 14.3. The maximum atomic E-state index is 12.2.